The molecular formula is C16H16F3NO4. The number of carbonyl (C=O) groups is 1. The summed E-state index contributed by atoms with van der Waals surface area (Å²) in [7, 11) is 0. The number of carbonyl (C=O) groups excluding carboxylic acids is 1. The first-order valence-corrected chi connectivity index (χ1v) is 7.16. The zero-order valence-corrected chi connectivity index (χ0v) is 12.6. The van der Waals surface area contributed by atoms with Crippen molar-refractivity contribution in [1.82, 2.24) is 0 Å². The second-order valence-corrected chi connectivity index (χ2v) is 4.83. The van der Waals surface area contributed by atoms with Crippen LogP contribution in [0, 0.1) is 0 Å². The molecule has 0 aliphatic rings. The van der Waals surface area contributed by atoms with Crippen molar-refractivity contribution in [3.63, 3.8) is 0 Å². The first kappa shape index (κ1) is 17.9. The molecule has 0 bridgehead atoms. The van der Waals surface area contributed by atoms with Crippen molar-refractivity contribution < 1.29 is 31.9 Å². The molecule has 1 aromatic carbocycles. The molecule has 1 heterocycles. The maximum atomic E-state index is 11.9. The van der Waals surface area contributed by atoms with Crippen molar-refractivity contribution in [3.8, 4) is 5.75 Å². The maximum Gasteiger partial charge on any atom is 0.411 e. The molecule has 130 valence electrons. The number of ether oxygens (including phenoxy) is 2. The van der Waals surface area contributed by atoms with Crippen molar-refractivity contribution in [1.29, 1.82) is 0 Å². The van der Waals surface area contributed by atoms with Gasteiger partial charge in [-0.15, -0.1) is 0 Å². The molecule has 2 rings (SSSR count). The molecule has 0 saturated heterocycles. The number of anilines is 1. The van der Waals surface area contributed by atoms with Crippen LogP contribution in [0.15, 0.2) is 47.1 Å². The highest BCUT2D eigenvalue weighted by molar-refractivity contribution is 6.02. The predicted octanol–water partition coefficient (Wildman–Crippen LogP) is 3.88. The summed E-state index contributed by atoms with van der Waals surface area (Å²) in [5, 5.41) is 2.65. The summed E-state index contributed by atoms with van der Waals surface area (Å²) in [4.78, 5) is 11.8. The maximum absolute atomic E-state index is 11.9. The molecule has 24 heavy (non-hydrogen) atoms. The number of hydrogen-bond donors (Lipinski definition) is 1. The van der Waals surface area contributed by atoms with Crippen LogP contribution in [0.3, 0.4) is 0 Å². The molecule has 0 saturated carbocycles. The highest BCUT2D eigenvalue weighted by atomic mass is 19.4. The van der Waals surface area contributed by atoms with E-state index in [0.717, 1.165) is 0 Å². The van der Waals surface area contributed by atoms with Gasteiger partial charge in [-0.1, -0.05) is 6.07 Å². The van der Waals surface area contributed by atoms with E-state index < -0.39 is 18.7 Å². The average molecular weight is 343 g/mol. The van der Waals surface area contributed by atoms with E-state index in [1.54, 1.807) is 30.3 Å². The fourth-order valence-corrected chi connectivity index (χ4v) is 1.80. The topological polar surface area (TPSA) is 60.7 Å². The van der Waals surface area contributed by atoms with Crippen molar-refractivity contribution >= 4 is 11.6 Å². The number of nitrogens with one attached hydrogen (secondary N) is 1. The second-order valence-electron chi connectivity index (χ2n) is 4.83. The Morgan fingerprint density at radius 1 is 1.17 bits per heavy atom. The third kappa shape index (κ3) is 6.33. The molecule has 5 nitrogen and oxygen atoms in total. The summed E-state index contributed by atoms with van der Waals surface area (Å²) in [5.74, 6) is 0.281. The molecule has 1 aromatic heterocycles. The van der Waals surface area contributed by atoms with E-state index in [1.807, 2.05) is 0 Å². The van der Waals surface area contributed by atoms with Crippen LogP contribution >= 0.6 is 0 Å². The van der Waals surface area contributed by atoms with Gasteiger partial charge in [-0.25, -0.2) is 0 Å². The van der Waals surface area contributed by atoms with Crippen molar-refractivity contribution in [2.45, 2.75) is 12.6 Å². The van der Waals surface area contributed by atoms with Crippen LogP contribution in [-0.4, -0.2) is 31.9 Å². The van der Waals surface area contributed by atoms with Gasteiger partial charge in [-0.05, 0) is 24.3 Å². The Hall–Kier alpha value is -2.48. The summed E-state index contributed by atoms with van der Waals surface area (Å²) in [6.45, 7) is -1.11. The Morgan fingerprint density at radius 2 is 2.00 bits per heavy atom. The van der Waals surface area contributed by atoms with Crippen molar-refractivity contribution in [2.24, 2.45) is 0 Å². The van der Waals surface area contributed by atoms with E-state index in [0.29, 0.717) is 17.9 Å². The van der Waals surface area contributed by atoms with Gasteiger partial charge in [0.25, 0.3) is 5.91 Å². The first-order valence-electron chi connectivity index (χ1n) is 7.16. The molecule has 0 aliphatic heterocycles. The van der Waals surface area contributed by atoms with Gasteiger partial charge >= 0.3 is 6.18 Å². The number of halogens is 3. The molecule has 8 heteroatoms. The zero-order chi connectivity index (χ0) is 17.4. The van der Waals surface area contributed by atoms with E-state index in [4.69, 9.17) is 9.15 Å². The SMILES string of the molecule is O=C(Nc1cccc(OCCCOCC(F)(F)F)c1)c1ccco1. The molecule has 0 fully saturated rings. The van der Waals surface area contributed by atoms with Crippen LogP contribution in [0.25, 0.3) is 0 Å². The van der Waals surface area contributed by atoms with E-state index in [1.165, 1.54) is 12.3 Å². The summed E-state index contributed by atoms with van der Waals surface area (Å²) < 4.78 is 50.5. The zero-order valence-electron chi connectivity index (χ0n) is 12.6. The molecule has 0 spiro atoms. The van der Waals surface area contributed by atoms with E-state index in [2.05, 4.69) is 10.1 Å². The Kier molecular flexibility index (Phi) is 6.25. The largest absolute Gasteiger partial charge is 0.493 e. The number of furan rings is 1. The molecule has 0 atom stereocenters. The number of alkyl halides is 3. The number of benzene rings is 1. The first-order chi connectivity index (χ1) is 11.4. The third-order valence-electron chi connectivity index (χ3n) is 2.80. The van der Waals surface area contributed by atoms with Crippen LogP contribution in [0.5, 0.6) is 5.75 Å². The van der Waals surface area contributed by atoms with Crippen LogP contribution in [-0.2, 0) is 4.74 Å². The summed E-state index contributed by atoms with van der Waals surface area (Å²) in [6, 6.07) is 9.80. The summed E-state index contributed by atoms with van der Waals surface area (Å²) >= 11 is 0. The van der Waals surface area contributed by atoms with Crippen molar-refractivity contribution in [2.75, 3.05) is 25.1 Å². The summed E-state index contributed by atoms with van der Waals surface area (Å²) in [6.07, 6.45) is -2.60. The van der Waals surface area contributed by atoms with Gasteiger partial charge in [-0.3, -0.25) is 4.79 Å². The lowest BCUT2D eigenvalue weighted by Crippen LogP contribution is -2.18. The van der Waals surface area contributed by atoms with Gasteiger partial charge in [0.15, 0.2) is 5.76 Å². The number of hydrogen-bond acceptors (Lipinski definition) is 4. The fraction of sp³-hybridized carbons (Fsp3) is 0.312. The predicted molar refractivity (Wildman–Crippen MR) is 80.1 cm³/mol. The van der Waals surface area contributed by atoms with Crippen molar-refractivity contribution in [3.05, 3.63) is 48.4 Å². The lowest BCUT2D eigenvalue weighted by molar-refractivity contribution is -0.174. The molecule has 1 N–H and O–H groups in total. The Morgan fingerprint density at radius 3 is 2.71 bits per heavy atom. The minimum Gasteiger partial charge on any atom is -0.493 e. The standard InChI is InChI=1S/C16H16F3NO4/c17-16(18,19)11-22-7-3-9-23-13-5-1-4-12(10-13)20-15(21)14-6-2-8-24-14/h1-2,4-6,8,10H,3,7,9,11H2,(H,20,21). The smallest absolute Gasteiger partial charge is 0.411 e. The third-order valence-corrected chi connectivity index (χ3v) is 2.80. The highest BCUT2D eigenvalue weighted by Gasteiger charge is 2.27. The van der Waals surface area contributed by atoms with Gasteiger partial charge in [0.1, 0.15) is 12.4 Å². The van der Waals surface area contributed by atoms with Gasteiger partial charge in [-0.2, -0.15) is 13.2 Å². The van der Waals surface area contributed by atoms with Gasteiger partial charge in [0.2, 0.25) is 0 Å². The summed E-state index contributed by atoms with van der Waals surface area (Å²) in [5.41, 5.74) is 0.516. The van der Waals surface area contributed by atoms with E-state index in [9.17, 15) is 18.0 Å². The Balaban J connectivity index is 1.73. The van der Waals surface area contributed by atoms with Crippen LogP contribution < -0.4 is 10.1 Å². The van der Waals surface area contributed by atoms with Crippen LogP contribution in [0.4, 0.5) is 18.9 Å². The molecule has 0 radical (unpaired) electrons. The Labute approximate surface area is 136 Å². The van der Waals surface area contributed by atoms with Gasteiger partial charge < -0.3 is 19.2 Å². The normalized spacial score (nSPS) is 11.3. The molecule has 0 aliphatic carbocycles. The fourth-order valence-electron chi connectivity index (χ4n) is 1.80. The number of amides is 1. The second kappa shape index (κ2) is 8.39. The minimum absolute atomic E-state index is 0.0472. The molecule has 2 aromatic rings. The lowest BCUT2D eigenvalue weighted by Gasteiger charge is -2.10. The van der Waals surface area contributed by atoms with Gasteiger partial charge in [0.05, 0.1) is 19.5 Å². The Bertz CT molecular complexity index is 641. The highest BCUT2D eigenvalue weighted by Crippen LogP contribution is 2.19. The molecular weight excluding hydrogens is 327 g/mol. The monoisotopic (exact) mass is 343 g/mol. The number of rotatable bonds is 8. The molecule has 0 unspecified atom stereocenters. The molecule has 1 amide bonds. The quantitative estimate of drug-likeness (QED) is 0.739. The lowest BCUT2D eigenvalue weighted by atomic mass is 10.3. The van der Waals surface area contributed by atoms with Gasteiger partial charge in [0, 0.05) is 18.2 Å². The van der Waals surface area contributed by atoms with Crippen LogP contribution in [0.1, 0.15) is 17.0 Å². The minimum atomic E-state index is -4.32. The van der Waals surface area contributed by atoms with E-state index >= 15 is 0 Å². The van der Waals surface area contributed by atoms with Crippen LogP contribution in [0.2, 0.25) is 0 Å². The van der Waals surface area contributed by atoms with E-state index in [-0.39, 0.29) is 19.0 Å². The average Bonchev–Trinajstić information content (AvgIpc) is 3.04.